The molecule has 1 aromatic carbocycles. The molecule has 0 amide bonds. The van der Waals surface area contributed by atoms with Crippen molar-refractivity contribution in [2.24, 2.45) is 0 Å². The number of hydrogen-bond acceptors (Lipinski definition) is 4. The van der Waals surface area contributed by atoms with Gasteiger partial charge in [0, 0.05) is 24.6 Å². The molecule has 1 aromatic heterocycles. The second-order valence-electron chi connectivity index (χ2n) is 6.99. The van der Waals surface area contributed by atoms with Crippen molar-refractivity contribution in [3.63, 3.8) is 0 Å². The summed E-state index contributed by atoms with van der Waals surface area (Å²) in [5.74, 6) is 0.854. The second-order valence-corrected chi connectivity index (χ2v) is 7.32. The highest BCUT2D eigenvalue weighted by Crippen LogP contribution is 2.41. The normalized spacial score (nSPS) is 25.9. The Labute approximate surface area is 152 Å². The molecule has 0 radical (unpaired) electrons. The molecule has 2 aromatic rings. The Morgan fingerprint density at radius 3 is 2.48 bits per heavy atom. The first-order chi connectivity index (χ1) is 12.0. The summed E-state index contributed by atoms with van der Waals surface area (Å²) in [6, 6.07) is 6.68. The molecule has 132 valence electrons. The van der Waals surface area contributed by atoms with Crippen molar-refractivity contribution in [3.8, 4) is 0 Å². The number of rotatable bonds is 2. The molecule has 6 heteroatoms. The minimum Gasteiger partial charge on any atom is -0.372 e. The maximum atomic E-state index is 13.2. The third kappa shape index (κ3) is 3.23. The summed E-state index contributed by atoms with van der Waals surface area (Å²) in [5.41, 5.74) is 3.22. The van der Waals surface area contributed by atoms with Gasteiger partial charge in [-0.05, 0) is 56.0 Å². The minimum absolute atomic E-state index is 0.144. The Balaban J connectivity index is 1.72. The molecule has 0 spiro atoms. The van der Waals surface area contributed by atoms with Crippen LogP contribution < -0.4 is 4.90 Å². The van der Waals surface area contributed by atoms with Crippen LogP contribution in [0.4, 0.5) is 10.2 Å². The topological polar surface area (TPSA) is 38.2 Å². The lowest BCUT2D eigenvalue weighted by atomic mass is 9.97. The van der Waals surface area contributed by atoms with Crippen molar-refractivity contribution in [2.75, 3.05) is 18.0 Å². The summed E-state index contributed by atoms with van der Waals surface area (Å²) >= 11 is 6.26. The van der Waals surface area contributed by atoms with Gasteiger partial charge in [0.1, 0.15) is 11.6 Å². The van der Waals surface area contributed by atoms with E-state index in [9.17, 15) is 4.39 Å². The summed E-state index contributed by atoms with van der Waals surface area (Å²) in [7, 11) is 0. The van der Waals surface area contributed by atoms with Crippen LogP contribution in [0.15, 0.2) is 24.3 Å². The lowest BCUT2D eigenvalue weighted by molar-refractivity contribution is -0.00551. The molecule has 2 heterocycles. The predicted octanol–water partition coefficient (Wildman–Crippen LogP) is 3.96. The van der Waals surface area contributed by atoms with Crippen molar-refractivity contribution in [1.82, 2.24) is 9.97 Å². The summed E-state index contributed by atoms with van der Waals surface area (Å²) in [4.78, 5) is 11.3. The summed E-state index contributed by atoms with van der Waals surface area (Å²) < 4.78 is 19.1. The number of morpholine rings is 1. The molecule has 1 aliphatic carbocycles. The quantitative estimate of drug-likeness (QED) is 0.759. The van der Waals surface area contributed by atoms with Gasteiger partial charge >= 0.3 is 0 Å². The highest BCUT2D eigenvalue weighted by molar-refractivity contribution is 6.28. The van der Waals surface area contributed by atoms with Crippen LogP contribution in [-0.2, 0) is 11.2 Å². The van der Waals surface area contributed by atoms with E-state index in [1.807, 2.05) is 12.1 Å². The second kappa shape index (κ2) is 6.54. The highest BCUT2D eigenvalue weighted by atomic mass is 35.5. The Morgan fingerprint density at radius 1 is 1.12 bits per heavy atom. The number of halogens is 2. The Morgan fingerprint density at radius 2 is 1.80 bits per heavy atom. The van der Waals surface area contributed by atoms with Crippen molar-refractivity contribution in [1.29, 1.82) is 0 Å². The summed E-state index contributed by atoms with van der Waals surface area (Å²) in [5, 5.41) is 0.273. The molecular formula is C19H21ClFN3O. The number of aromatic nitrogens is 2. The standard InChI is InChI=1S/C19H21ClFN3O/c1-11-9-24(10-12(2)25-11)18-16-8-7-15(17(16)22-19(20)23-18)13-3-5-14(21)6-4-13/h3-6,11-12,15H,7-10H2,1-2H3/t11-,12+,15?. The molecule has 0 saturated carbocycles. The third-order valence-electron chi connectivity index (χ3n) is 4.99. The van der Waals surface area contributed by atoms with Crippen LogP contribution in [0.5, 0.6) is 0 Å². The Hall–Kier alpha value is -1.72. The van der Waals surface area contributed by atoms with E-state index in [-0.39, 0.29) is 29.2 Å². The summed E-state index contributed by atoms with van der Waals surface area (Å²) in [6.07, 6.45) is 2.16. The highest BCUT2D eigenvalue weighted by Gasteiger charge is 2.33. The molecule has 0 N–H and O–H groups in total. The first kappa shape index (κ1) is 16.7. The zero-order valence-corrected chi connectivity index (χ0v) is 15.1. The van der Waals surface area contributed by atoms with E-state index < -0.39 is 0 Å². The van der Waals surface area contributed by atoms with Gasteiger partial charge in [0.15, 0.2) is 0 Å². The van der Waals surface area contributed by atoms with E-state index >= 15 is 0 Å². The van der Waals surface area contributed by atoms with Crippen LogP contribution >= 0.6 is 11.6 Å². The smallest absolute Gasteiger partial charge is 0.224 e. The van der Waals surface area contributed by atoms with Gasteiger partial charge in [0.2, 0.25) is 5.28 Å². The molecule has 0 bridgehead atoms. The fourth-order valence-corrected chi connectivity index (χ4v) is 4.22. The average molecular weight is 362 g/mol. The number of fused-ring (bicyclic) bond motifs is 1. The van der Waals surface area contributed by atoms with Crippen molar-refractivity contribution in [3.05, 3.63) is 52.2 Å². The summed E-state index contributed by atoms with van der Waals surface area (Å²) in [6.45, 7) is 5.75. The molecule has 3 atom stereocenters. The number of nitrogens with zero attached hydrogens (tertiary/aromatic N) is 3. The lowest BCUT2D eigenvalue weighted by Crippen LogP contribution is -2.46. The van der Waals surface area contributed by atoms with Crippen LogP contribution in [0.1, 0.15) is 43.0 Å². The van der Waals surface area contributed by atoms with Gasteiger partial charge in [0.25, 0.3) is 0 Å². The number of ether oxygens (including phenoxy) is 1. The molecule has 4 rings (SSSR count). The zero-order valence-electron chi connectivity index (χ0n) is 14.4. The molecule has 1 aliphatic heterocycles. The fourth-order valence-electron chi connectivity index (χ4n) is 4.05. The van der Waals surface area contributed by atoms with Gasteiger partial charge in [-0.15, -0.1) is 0 Å². The van der Waals surface area contributed by atoms with Crippen molar-refractivity contribution in [2.45, 2.75) is 44.8 Å². The van der Waals surface area contributed by atoms with Gasteiger partial charge in [-0.2, -0.15) is 0 Å². The fraction of sp³-hybridized carbons (Fsp3) is 0.474. The van der Waals surface area contributed by atoms with E-state index in [4.69, 9.17) is 16.3 Å². The maximum Gasteiger partial charge on any atom is 0.224 e. The predicted molar refractivity (Wildman–Crippen MR) is 95.8 cm³/mol. The van der Waals surface area contributed by atoms with Gasteiger partial charge < -0.3 is 9.64 Å². The van der Waals surface area contributed by atoms with Crippen molar-refractivity contribution >= 4 is 17.4 Å². The van der Waals surface area contributed by atoms with E-state index in [1.54, 1.807) is 0 Å². The molecule has 1 unspecified atom stereocenters. The van der Waals surface area contributed by atoms with Crippen molar-refractivity contribution < 1.29 is 9.13 Å². The molecule has 1 fully saturated rings. The largest absolute Gasteiger partial charge is 0.372 e. The maximum absolute atomic E-state index is 13.2. The van der Waals surface area contributed by atoms with Crippen LogP contribution in [-0.4, -0.2) is 35.3 Å². The Kier molecular flexibility index (Phi) is 4.38. The number of benzene rings is 1. The first-order valence-electron chi connectivity index (χ1n) is 8.73. The van der Waals surface area contributed by atoms with E-state index in [1.165, 1.54) is 17.7 Å². The minimum atomic E-state index is -0.223. The van der Waals surface area contributed by atoms with Crippen LogP contribution in [0.25, 0.3) is 0 Å². The molecule has 1 saturated heterocycles. The van der Waals surface area contributed by atoms with Crippen LogP contribution in [0, 0.1) is 5.82 Å². The molecular weight excluding hydrogens is 341 g/mol. The SMILES string of the molecule is C[C@@H]1CN(c2nc(Cl)nc3c2CCC3c2ccc(F)cc2)C[C@H](C)O1. The average Bonchev–Trinajstić information content (AvgIpc) is 2.97. The van der Waals surface area contributed by atoms with Gasteiger partial charge in [-0.25, -0.2) is 14.4 Å². The Bertz CT molecular complexity index is 773. The molecule has 2 aliphatic rings. The first-order valence-corrected chi connectivity index (χ1v) is 9.11. The van der Waals surface area contributed by atoms with Gasteiger partial charge in [0.05, 0.1) is 17.9 Å². The van der Waals surface area contributed by atoms with Crippen LogP contribution in [0.2, 0.25) is 5.28 Å². The zero-order chi connectivity index (χ0) is 17.6. The molecule has 4 nitrogen and oxygen atoms in total. The van der Waals surface area contributed by atoms with Gasteiger partial charge in [-0.1, -0.05) is 12.1 Å². The van der Waals surface area contributed by atoms with E-state index in [0.717, 1.165) is 43.0 Å². The number of hydrogen-bond donors (Lipinski definition) is 0. The lowest BCUT2D eigenvalue weighted by Gasteiger charge is -2.37. The number of anilines is 1. The van der Waals surface area contributed by atoms with E-state index in [0.29, 0.717) is 0 Å². The van der Waals surface area contributed by atoms with E-state index in [2.05, 4.69) is 28.7 Å². The third-order valence-corrected chi connectivity index (χ3v) is 5.16. The molecule has 25 heavy (non-hydrogen) atoms. The monoisotopic (exact) mass is 361 g/mol. The van der Waals surface area contributed by atoms with Gasteiger partial charge in [-0.3, -0.25) is 0 Å². The van der Waals surface area contributed by atoms with Crippen LogP contribution in [0.3, 0.4) is 0 Å².